The number of piperazine rings is 1. The zero-order valence-electron chi connectivity index (χ0n) is 11.2. The van der Waals surface area contributed by atoms with Gasteiger partial charge in [0, 0.05) is 43.1 Å². The minimum absolute atomic E-state index is 0.468. The summed E-state index contributed by atoms with van der Waals surface area (Å²) in [6, 6.07) is 4.39. The van der Waals surface area contributed by atoms with Crippen LogP contribution in [0.1, 0.15) is 12.6 Å². The molecule has 2 aromatic heterocycles. The van der Waals surface area contributed by atoms with Crippen LogP contribution < -0.4 is 10.2 Å². The van der Waals surface area contributed by atoms with Crippen molar-refractivity contribution >= 4 is 5.95 Å². The van der Waals surface area contributed by atoms with Crippen LogP contribution in [-0.2, 0) is 0 Å². The molecule has 3 rings (SSSR count). The number of rotatable bonds is 2. The number of pyridine rings is 1. The van der Waals surface area contributed by atoms with Crippen molar-refractivity contribution in [1.29, 1.82) is 0 Å². The van der Waals surface area contributed by atoms with Crippen LogP contribution in [0.3, 0.4) is 0 Å². The maximum atomic E-state index is 4.59. The Kier molecular flexibility index (Phi) is 3.16. The number of hydrogen-bond acceptors (Lipinski definition) is 5. The Morgan fingerprint density at radius 3 is 3.11 bits per heavy atom. The average Bonchev–Trinajstić information content (AvgIpc) is 2.89. The number of aryl methyl sites for hydroxylation is 1. The fourth-order valence-electron chi connectivity index (χ4n) is 2.36. The van der Waals surface area contributed by atoms with Crippen molar-refractivity contribution in [3.63, 3.8) is 0 Å². The number of H-pyrrole nitrogens is 1. The Labute approximate surface area is 112 Å². The van der Waals surface area contributed by atoms with Crippen LogP contribution in [-0.4, -0.2) is 45.8 Å². The molecule has 1 aliphatic heterocycles. The fourth-order valence-corrected chi connectivity index (χ4v) is 2.36. The molecule has 0 aliphatic carbocycles. The van der Waals surface area contributed by atoms with E-state index in [0.717, 1.165) is 42.7 Å². The zero-order valence-corrected chi connectivity index (χ0v) is 11.2. The van der Waals surface area contributed by atoms with Gasteiger partial charge in [-0.3, -0.25) is 10.1 Å². The topological polar surface area (TPSA) is 69.7 Å². The predicted molar refractivity (Wildman–Crippen MR) is 74.0 cm³/mol. The molecule has 0 amide bonds. The monoisotopic (exact) mass is 258 g/mol. The summed E-state index contributed by atoms with van der Waals surface area (Å²) in [5.74, 6) is 1.55. The first-order valence-corrected chi connectivity index (χ1v) is 6.57. The lowest BCUT2D eigenvalue weighted by atomic mass is 10.2. The molecule has 6 nitrogen and oxygen atoms in total. The van der Waals surface area contributed by atoms with Crippen molar-refractivity contribution in [2.24, 2.45) is 0 Å². The van der Waals surface area contributed by atoms with Gasteiger partial charge >= 0.3 is 0 Å². The summed E-state index contributed by atoms with van der Waals surface area (Å²) in [5.41, 5.74) is 1.96. The summed E-state index contributed by atoms with van der Waals surface area (Å²) in [7, 11) is 0. The Balaban J connectivity index is 1.85. The number of nitrogens with one attached hydrogen (secondary N) is 2. The second-order valence-electron chi connectivity index (χ2n) is 4.92. The third-order valence-electron chi connectivity index (χ3n) is 3.39. The SMILES string of the molecule is Cc1ncccc1-c1nc(N2CCN[C@H](C)C2)n[nH]1. The van der Waals surface area contributed by atoms with Crippen LogP contribution in [0.25, 0.3) is 11.4 Å². The molecule has 6 heteroatoms. The molecule has 19 heavy (non-hydrogen) atoms. The molecule has 0 radical (unpaired) electrons. The number of hydrogen-bond donors (Lipinski definition) is 2. The van der Waals surface area contributed by atoms with Crippen molar-refractivity contribution < 1.29 is 0 Å². The Hall–Kier alpha value is -1.95. The Bertz CT molecular complexity index is 564. The van der Waals surface area contributed by atoms with E-state index in [4.69, 9.17) is 0 Å². The van der Waals surface area contributed by atoms with Crippen molar-refractivity contribution in [3.8, 4) is 11.4 Å². The van der Waals surface area contributed by atoms with E-state index < -0.39 is 0 Å². The number of nitrogens with zero attached hydrogens (tertiary/aromatic N) is 4. The molecule has 3 heterocycles. The summed E-state index contributed by atoms with van der Waals surface area (Å²) in [4.78, 5) is 11.1. The average molecular weight is 258 g/mol. The van der Waals surface area contributed by atoms with E-state index in [0.29, 0.717) is 6.04 Å². The lowest BCUT2D eigenvalue weighted by Gasteiger charge is -2.30. The smallest absolute Gasteiger partial charge is 0.245 e. The van der Waals surface area contributed by atoms with Gasteiger partial charge in [0.15, 0.2) is 5.82 Å². The molecule has 1 atom stereocenters. The standard InChI is InChI=1S/C13H18N6/c1-9-8-19(7-6-14-9)13-16-12(17-18-13)11-4-3-5-15-10(11)2/h3-5,9,14H,6-8H2,1-2H3,(H,16,17,18)/t9-/m1/s1. The second kappa shape index (κ2) is 4.97. The Morgan fingerprint density at radius 2 is 2.32 bits per heavy atom. The molecule has 0 spiro atoms. The molecular weight excluding hydrogens is 240 g/mol. The highest BCUT2D eigenvalue weighted by Gasteiger charge is 2.19. The van der Waals surface area contributed by atoms with Gasteiger partial charge in [0.2, 0.25) is 5.95 Å². The van der Waals surface area contributed by atoms with Gasteiger partial charge in [-0.2, -0.15) is 4.98 Å². The predicted octanol–water partition coefficient (Wildman–Crippen LogP) is 0.973. The minimum Gasteiger partial charge on any atom is -0.337 e. The van der Waals surface area contributed by atoms with E-state index in [1.807, 2.05) is 19.1 Å². The first-order valence-electron chi connectivity index (χ1n) is 6.57. The van der Waals surface area contributed by atoms with Crippen molar-refractivity contribution in [1.82, 2.24) is 25.5 Å². The fraction of sp³-hybridized carbons (Fsp3) is 0.462. The Morgan fingerprint density at radius 1 is 1.42 bits per heavy atom. The van der Waals surface area contributed by atoms with Gasteiger partial charge in [-0.15, -0.1) is 5.10 Å². The van der Waals surface area contributed by atoms with Gasteiger partial charge in [0.1, 0.15) is 0 Å². The summed E-state index contributed by atoms with van der Waals surface area (Å²) in [5, 5.41) is 10.7. The van der Waals surface area contributed by atoms with Gasteiger partial charge in [-0.1, -0.05) is 0 Å². The highest BCUT2D eigenvalue weighted by atomic mass is 15.4. The first kappa shape index (κ1) is 12.1. The largest absolute Gasteiger partial charge is 0.337 e. The van der Waals surface area contributed by atoms with E-state index in [-0.39, 0.29) is 0 Å². The highest BCUT2D eigenvalue weighted by molar-refractivity contribution is 5.58. The van der Waals surface area contributed by atoms with Crippen LogP contribution in [0.2, 0.25) is 0 Å². The van der Waals surface area contributed by atoms with Crippen LogP contribution >= 0.6 is 0 Å². The summed E-state index contributed by atoms with van der Waals surface area (Å²) in [6.07, 6.45) is 1.79. The van der Waals surface area contributed by atoms with Gasteiger partial charge in [-0.05, 0) is 26.0 Å². The zero-order chi connectivity index (χ0) is 13.2. The molecule has 0 bridgehead atoms. The number of aromatic nitrogens is 4. The summed E-state index contributed by atoms with van der Waals surface area (Å²) < 4.78 is 0. The van der Waals surface area contributed by atoms with E-state index in [1.165, 1.54) is 0 Å². The van der Waals surface area contributed by atoms with Crippen LogP contribution in [0.15, 0.2) is 18.3 Å². The first-order chi connectivity index (χ1) is 9.24. The van der Waals surface area contributed by atoms with E-state index in [9.17, 15) is 0 Å². The number of aromatic amines is 1. The van der Waals surface area contributed by atoms with E-state index in [2.05, 4.69) is 37.3 Å². The molecule has 100 valence electrons. The summed E-state index contributed by atoms with van der Waals surface area (Å²) >= 11 is 0. The molecular formula is C13H18N6. The van der Waals surface area contributed by atoms with Crippen LogP contribution in [0.5, 0.6) is 0 Å². The van der Waals surface area contributed by atoms with E-state index in [1.54, 1.807) is 6.20 Å². The molecule has 0 saturated carbocycles. The highest BCUT2D eigenvalue weighted by Crippen LogP contribution is 2.20. The quantitative estimate of drug-likeness (QED) is 0.840. The third-order valence-corrected chi connectivity index (χ3v) is 3.39. The lowest BCUT2D eigenvalue weighted by Crippen LogP contribution is -2.49. The molecule has 2 N–H and O–H groups in total. The van der Waals surface area contributed by atoms with Gasteiger partial charge in [-0.25, -0.2) is 0 Å². The van der Waals surface area contributed by atoms with Gasteiger partial charge in [0.25, 0.3) is 0 Å². The molecule has 0 aromatic carbocycles. The molecule has 1 fully saturated rings. The van der Waals surface area contributed by atoms with E-state index >= 15 is 0 Å². The minimum atomic E-state index is 0.468. The third kappa shape index (κ3) is 2.44. The van der Waals surface area contributed by atoms with Gasteiger partial charge < -0.3 is 10.2 Å². The summed E-state index contributed by atoms with van der Waals surface area (Å²) in [6.45, 7) is 6.99. The van der Waals surface area contributed by atoms with Crippen molar-refractivity contribution in [2.45, 2.75) is 19.9 Å². The maximum Gasteiger partial charge on any atom is 0.245 e. The van der Waals surface area contributed by atoms with Crippen molar-refractivity contribution in [2.75, 3.05) is 24.5 Å². The molecule has 2 aromatic rings. The number of anilines is 1. The normalized spacial score (nSPS) is 19.7. The van der Waals surface area contributed by atoms with Crippen LogP contribution in [0, 0.1) is 6.92 Å². The molecule has 1 aliphatic rings. The lowest BCUT2D eigenvalue weighted by molar-refractivity contribution is 0.480. The second-order valence-corrected chi connectivity index (χ2v) is 4.92. The molecule has 1 saturated heterocycles. The maximum absolute atomic E-state index is 4.59. The van der Waals surface area contributed by atoms with Crippen LogP contribution in [0.4, 0.5) is 5.95 Å². The molecule has 0 unspecified atom stereocenters. The van der Waals surface area contributed by atoms with Crippen molar-refractivity contribution in [3.05, 3.63) is 24.0 Å². The van der Waals surface area contributed by atoms with Gasteiger partial charge in [0.05, 0.1) is 0 Å².